The number of amidine groups is 1. The zero-order chi connectivity index (χ0) is 12.1. The number of rotatable bonds is 5. The lowest BCUT2D eigenvalue weighted by molar-refractivity contribution is 0.138. The van der Waals surface area contributed by atoms with Gasteiger partial charge >= 0.3 is 0 Å². The minimum Gasteiger partial charge on any atom is -0.392 e. The van der Waals surface area contributed by atoms with Gasteiger partial charge in [-0.05, 0) is 19.5 Å². The maximum atomic E-state index is 9.27. The predicted molar refractivity (Wildman–Crippen MR) is 65.5 cm³/mol. The number of nitrogens with zero attached hydrogens (tertiary/aromatic N) is 1. The van der Waals surface area contributed by atoms with Crippen molar-refractivity contribution in [2.75, 3.05) is 13.6 Å². The van der Waals surface area contributed by atoms with Crippen molar-refractivity contribution in [1.29, 1.82) is 5.41 Å². The van der Waals surface area contributed by atoms with Gasteiger partial charge in [0.25, 0.3) is 0 Å². The minimum absolute atomic E-state index is 0.0843. The van der Waals surface area contributed by atoms with Crippen LogP contribution in [-0.4, -0.2) is 35.5 Å². The Morgan fingerprint density at radius 3 is 2.69 bits per heavy atom. The Labute approximate surface area is 96.2 Å². The molecular weight excluding hydrogens is 202 g/mol. The normalized spacial score (nSPS) is 12.8. The Kier molecular flexibility index (Phi) is 4.46. The molecule has 1 unspecified atom stereocenters. The standard InChI is InChI=1S/C12H19N3O/c1-9(16)7-15(2)8-10-5-3-4-6-11(10)12(13)14/h3-6,9,16H,7-8H2,1-2H3,(H3,13,14). The molecule has 1 rings (SSSR count). The van der Waals surface area contributed by atoms with Gasteiger partial charge in [0.05, 0.1) is 6.10 Å². The Balaban J connectivity index is 2.76. The fraction of sp³-hybridized carbons (Fsp3) is 0.417. The van der Waals surface area contributed by atoms with Gasteiger partial charge in [-0.2, -0.15) is 0 Å². The van der Waals surface area contributed by atoms with Crippen molar-refractivity contribution in [2.45, 2.75) is 19.6 Å². The number of hydrogen-bond donors (Lipinski definition) is 3. The van der Waals surface area contributed by atoms with Crippen LogP contribution < -0.4 is 5.73 Å². The first kappa shape index (κ1) is 12.7. The maximum Gasteiger partial charge on any atom is 0.123 e. The monoisotopic (exact) mass is 221 g/mol. The summed E-state index contributed by atoms with van der Waals surface area (Å²) < 4.78 is 0. The largest absolute Gasteiger partial charge is 0.392 e. The summed E-state index contributed by atoms with van der Waals surface area (Å²) >= 11 is 0. The summed E-state index contributed by atoms with van der Waals surface area (Å²) in [4.78, 5) is 2.01. The highest BCUT2D eigenvalue weighted by atomic mass is 16.3. The van der Waals surface area contributed by atoms with Crippen LogP contribution in [0.15, 0.2) is 24.3 Å². The van der Waals surface area contributed by atoms with E-state index in [0.717, 1.165) is 11.1 Å². The summed E-state index contributed by atoms with van der Waals surface area (Å²) in [6.07, 6.45) is -0.352. The van der Waals surface area contributed by atoms with Crippen molar-refractivity contribution < 1.29 is 5.11 Å². The summed E-state index contributed by atoms with van der Waals surface area (Å²) in [6, 6.07) is 7.59. The molecule has 0 aliphatic rings. The minimum atomic E-state index is -0.352. The summed E-state index contributed by atoms with van der Waals surface area (Å²) in [5, 5.41) is 16.7. The van der Waals surface area contributed by atoms with Crippen molar-refractivity contribution in [1.82, 2.24) is 4.90 Å². The first-order valence-corrected chi connectivity index (χ1v) is 5.29. The second-order valence-electron chi connectivity index (χ2n) is 4.12. The number of hydrogen-bond acceptors (Lipinski definition) is 3. The molecule has 0 heterocycles. The van der Waals surface area contributed by atoms with Gasteiger partial charge in [-0.15, -0.1) is 0 Å². The molecule has 0 amide bonds. The van der Waals surface area contributed by atoms with E-state index >= 15 is 0 Å². The van der Waals surface area contributed by atoms with E-state index in [2.05, 4.69) is 0 Å². The Bertz CT molecular complexity index is 363. The van der Waals surface area contributed by atoms with E-state index < -0.39 is 0 Å². The second-order valence-corrected chi connectivity index (χ2v) is 4.12. The Morgan fingerprint density at radius 2 is 2.12 bits per heavy atom. The van der Waals surface area contributed by atoms with Crippen LogP contribution in [0.25, 0.3) is 0 Å². The first-order valence-electron chi connectivity index (χ1n) is 5.29. The molecule has 1 atom stereocenters. The quantitative estimate of drug-likeness (QED) is 0.508. The Morgan fingerprint density at radius 1 is 1.50 bits per heavy atom. The van der Waals surface area contributed by atoms with Gasteiger partial charge in [-0.3, -0.25) is 10.3 Å². The molecule has 0 bridgehead atoms. The Hall–Kier alpha value is -1.39. The molecule has 0 fully saturated rings. The van der Waals surface area contributed by atoms with Crippen LogP contribution in [0, 0.1) is 5.41 Å². The smallest absolute Gasteiger partial charge is 0.123 e. The van der Waals surface area contributed by atoms with E-state index in [0.29, 0.717) is 13.1 Å². The molecule has 0 radical (unpaired) electrons. The molecule has 0 aliphatic heterocycles. The van der Waals surface area contributed by atoms with Crippen molar-refractivity contribution in [3.05, 3.63) is 35.4 Å². The van der Waals surface area contributed by atoms with E-state index in [-0.39, 0.29) is 11.9 Å². The zero-order valence-corrected chi connectivity index (χ0v) is 9.77. The SMILES string of the molecule is CC(O)CN(C)Cc1ccccc1C(=N)N. The molecule has 0 saturated heterocycles. The van der Waals surface area contributed by atoms with Gasteiger partial charge in [-0.1, -0.05) is 24.3 Å². The van der Waals surface area contributed by atoms with Crippen LogP contribution in [0.3, 0.4) is 0 Å². The first-order chi connectivity index (χ1) is 7.50. The van der Waals surface area contributed by atoms with Gasteiger partial charge in [0.15, 0.2) is 0 Å². The average Bonchev–Trinajstić information content (AvgIpc) is 2.16. The lowest BCUT2D eigenvalue weighted by Crippen LogP contribution is -2.28. The number of aliphatic hydroxyl groups is 1. The van der Waals surface area contributed by atoms with Crippen molar-refractivity contribution in [3.8, 4) is 0 Å². The molecule has 88 valence electrons. The fourth-order valence-corrected chi connectivity index (χ4v) is 1.73. The van der Waals surface area contributed by atoms with Crippen LogP contribution >= 0.6 is 0 Å². The highest BCUT2D eigenvalue weighted by molar-refractivity contribution is 5.96. The number of nitrogen functional groups attached to an aromatic ring is 1. The van der Waals surface area contributed by atoms with Crippen LogP contribution in [0.1, 0.15) is 18.1 Å². The molecule has 0 aromatic heterocycles. The van der Waals surface area contributed by atoms with Gasteiger partial charge in [0, 0.05) is 18.7 Å². The molecular formula is C12H19N3O. The molecule has 16 heavy (non-hydrogen) atoms. The molecule has 4 N–H and O–H groups in total. The summed E-state index contributed by atoms with van der Waals surface area (Å²) in [6.45, 7) is 3.04. The summed E-state index contributed by atoms with van der Waals surface area (Å²) in [5.41, 5.74) is 7.28. The fourth-order valence-electron chi connectivity index (χ4n) is 1.73. The molecule has 1 aromatic carbocycles. The van der Waals surface area contributed by atoms with E-state index in [4.69, 9.17) is 11.1 Å². The molecule has 4 heteroatoms. The highest BCUT2D eigenvalue weighted by Crippen LogP contribution is 2.10. The van der Waals surface area contributed by atoms with Crippen molar-refractivity contribution in [3.63, 3.8) is 0 Å². The van der Waals surface area contributed by atoms with Crippen LogP contribution in [0.2, 0.25) is 0 Å². The number of benzene rings is 1. The van der Waals surface area contributed by atoms with Gasteiger partial charge in [0.2, 0.25) is 0 Å². The highest BCUT2D eigenvalue weighted by Gasteiger charge is 2.08. The number of nitrogens with one attached hydrogen (secondary N) is 1. The third-order valence-corrected chi connectivity index (χ3v) is 2.32. The predicted octanol–water partition coefficient (Wildman–Crippen LogP) is 0.783. The molecule has 1 aromatic rings. The maximum absolute atomic E-state index is 9.27. The number of likely N-dealkylation sites (N-methyl/N-ethyl adjacent to an activating group) is 1. The van der Waals surface area contributed by atoms with Gasteiger partial charge in [0.1, 0.15) is 5.84 Å². The third-order valence-electron chi connectivity index (χ3n) is 2.32. The lowest BCUT2D eigenvalue weighted by Gasteiger charge is -2.19. The lowest BCUT2D eigenvalue weighted by atomic mass is 10.1. The summed E-state index contributed by atoms with van der Waals surface area (Å²) in [5.74, 6) is 0.0843. The van der Waals surface area contributed by atoms with Gasteiger partial charge < -0.3 is 10.8 Å². The van der Waals surface area contributed by atoms with Crippen LogP contribution in [0.5, 0.6) is 0 Å². The number of aliphatic hydroxyl groups excluding tert-OH is 1. The molecule has 0 spiro atoms. The molecule has 0 aliphatic carbocycles. The van der Waals surface area contributed by atoms with Crippen LogP contribution in [0.4, 0.5) is 0 Å². The number of nitrogens with two attached hydrogens (primary N) is 1. The molecule has 4 nitrogen and oxygen atoms in total. The van der Waals surface area contributed by atoms with Gasteiger partial charge in [-0.25, -0.2) is 0 Å². The van der Waals surface area contributed by atoms with E-state index in [9.17, 15) is 5.11 Å². The van der Waals surface area contributed by atoms with E-state index in [1.807, 2.05) is 36.2 Å². The topological polar surface area (TPSA) is 73.3 Å². The zero-order valence-electron chi connectivity index (χ0n) is 9.77. The van der Waals surface area contributed by atoms with E-state index in [1.54, 1.807) is 6.92 Å². The van der Waals surface area contributed by atoms with Crippen molar-refractivity contribution >= 4 is 5.84 Å². The van der Waals surface area contributed by atoms with Crippen molar-refractivity contribution in [2.24, 2.45) is 5.73 Å². The average molecular weight is 221 g/mol. The van der Waals surface area contributed by atoms with Crippen LogP contribution in [-0.2, 0) is 6.54 Å². The summed E-state index contributed by atoms with van der Waals surface area (Å²) in [7, 11) is 1.93. The third kappa shape index (κ3) is 3.64. The molecule has 0 saturated carbocycles. The second kappa shape index (κ2) is 5.63. The van der Waals surface area contributed by atoms with E-state index in [1.165, 1.54) is 0 Å².